The highest BCUT2D eigenvalue weighted by Gasteiger charge is 2.54. The minimum Gasteiger partial charge on any atom is -0.415 e. The number of rotatable bonds is 5. The summed E-state index contributed by atoms with van der Waals surface area (Å²) in [5.74, 6) is 2.65. The van der Waals surface area contributed by atoms with Gasteiger partial charge in [0.1, 0.15) is 5.82 Å². The van der Waals surface area contributed by atoms with Crippen LogP contribution in [0, 0.1) is 30.5 Å². The number of carbonyl (C=O) groups excluding carboxylic acids is 1. The van der Waals surface area contributed by atoms with Crippen molar-refractivity contribution < 1.29 is 13.6 Å². The highest BCUT2D eigenvalue weighted by atomic mass is 32.2. The molecule has 7 heteroatoms. The van der Waals surface area contributed by atoms with Crippen molar-refractivity contribution in [2.24, 2.45) is 17.8 Å². The summed E-state index contributed by atoms with van der Waals surface area (Å²) in [7, 11) is 0. The average molecular weight is 416 g/mol. The lowest BCUT2D eigenvalue weighted by molar-refractivity contribution is -0.115. The highest BCUT2D eigenvalue weighted by Crippen LogP contribution is 2.60. The first-order valence-electron chi connectivity index (χ1n) is 10.5. The zero-order valence-corrected chi connectivity index (χ0v) is 17.6. The number of hydrogen-bond donors (Lipinski definition) is 1. The second-order valence-corrected chi connectivity index (χ2v) is 10.6. The molecule has 1 heterocycles. The van der Waals surface area contributed by atoms with Gasteiger partial charge >= 0.3 is 0 Å². The van der Waals surface area contributed by atoms with Crippen molar-refractivity contribution in [3.8, 4) is 0 Å². The molecule has 0 unspecified atom stereocenters. The number of benzene rings is 1. The van der Waals surface area contributed by atoms with E-state index in [0.717, 1.165) is 23.6 Å². The minimum absolute atomic E-state index is 0.0610. The molecule has 1 amide bonds. The number of nitrogens with zero attached hydrogens (tertiary/aromatic N) is 2. The lowest BCUT2D eigenvalue weighted by Crippen LogP contribution is -2.48. The van der Waals surface area contributed by atoms with Gasteiger partial charge in [-0.3, -0.25) is 4.79 Å². The average Bonchev–Trinajstić information content (AvgIpc) is 3.13. The molecule has 4 bridgehead atoms. The van der Waals surface area contributed by atoms with Gasteiger partial charge in [0.15, 0.2) is 0 Å². The van der Waals surface area contributed by atoms with E-state index in [1.807, 2.05) is 0 Å². The van der Waals surface area contributed by atoms with Crippen LogP contribution in [0.25, 0.3) is 0 Å². The molecule has 0 radical (unpaired) electrons. The number of hydrogen-bond acceptors (Lipinski definition) is 5. The van der Waals surface area contributed by atoms with E-state index in [2.05, 4.69) is 15.5 Å². The number of anilines is 1. The van der Waals surface area contributed by atoms with Gasteiger partial charge in [0.2, 0.25) is 11.8 Å². The summed E-state index contributed by atoms with van der Waals surface area (Å²) < 4.78 is 19.8. The van der Waals surface area contributed by atoms with E-state index in [0.29, 0.717) is 16.5 Å². The number of thioether (sulfide) groups is 1. The molecule has 1 atom stereocenters. The predicted molar refractivity (Wildman–Crippen MR) is 109 cm³/mol. The van der Waals surface area contributed by atoms with Crippen molar-refractivity contribution in [2.75, 3.05) is 5.32 Å². The van der Waals surface area contributed by atoms with Crippen molar-refractivity contribution in [3.63, 3.8) is 0 Å². The van der Waals surface area contributed by atoms with E-state index in [-0.39, 0.29) is 17.1 Å². The first-order chi connectivity index (χ1) is 13.9. The lowest BCUT2D eigenvalue weighted by atomic mass is 9.49. The van der Waals surface area contributed by atoms with E-state index >= 15 is 0 Å². The van der Waals surface area contributed by atoms with Crippen LogP contribution in [-0.4, -0.2) is 21.4 Å². The third kappa shape index (κ3) is 3.58. The Balaban J connectivity index is 1.25. The fourth-order valence-electron chi connectivity index (χ4n) is 5.96. The largest absolute Gasteiger partial charge is 0.415 e. The van der Waals surface area contributed by atoms with Gasteiger partial charge < -0.3 is 9.73 Å². The van der Waals surface area contributed by atoms with E-state index in [4.69, 9.17) is 4.42 Å². The second kappa shape index (κ2) is 7.11. The number of aryl methyl sites for hydroxylation is 1. The van der Waals surface area contributed by atoms with Gasteiger partial charge in [-0.2, -0.15) is 0 Å². The maximum Gasteiger partial charge on any atom is 0.277 e. The van der Waals surface area contributed by atoms with E-state index < -0.39 is 5.25 Å². The number of carbonyl (C=O) groups is 1. The summed E-state index contributed by atoms with van der Waals surface area (Å²) in [5, 5.41) is 11.4. The van der Waals surface area contributed by atoms with E-state index in [1.165, 1.54) is 56.4 Å². The molecule has 5 nitrogen and oxygen atoms in total. The van der Waals surface area contributed by atoms with Crippen LogP contribution in [0.1, 0.15) is 56.9 Å². The fraction of sp³-hybridized carbons (Fsp3) is 0.591. The molecular weight excluding hydrogens is 389 g/mol. The molecule has 1 N–H and O–H groups in total. The molecule has 0 spiro atoms. The molecule has 4 fully saturated rings. The highest BCUT2D eigenvalue weighted by molar-refractivity contribution is 8.00. The predicted octanol–water partition coefficient (Wildman–Crippen LogP) is 5.10. The van der Waals surface area contributed by atoms with Gasteiger partial charge in [0, 0.05) is 11.1 Å². The Morgan fingerprint density at radius 1 is 1.21 bits per heavy atom. The standard InChI is InChI=1S/C22H26FN3O2S/c1-12-3-4-17(8-18(12)23)24-19(27)13(2)29-21-26-25-20(28-21)22-9-14-5-15(10-22)7-16(6-14)11-22/h3-4,8,13-16H,5-7,9-11H2,1-2H3,(H,24,27)/t13-,14?,15?,16?,22?/m0/s1. The summed E-state index contributed by atoms with van der Waals surface area (Å²) in [5.41, 5.74) is 1.06. The van der Waals surface area contributed by atoms with Gasteiger partial charge in [-0.25, -0.2) is 4.39 Å². The van der Waals surface area contributed by atoms with Crippen molar-refractivity contribution in [1.82, 2.24) is 10.2 Å². The molecule has 29 heavy (non-hydrogen) atoms. The van der Waals surface area contributed by atoms with Crippen LogP contribution in [0.15, 0.2) is 27.8 Å². The maximum atomic E-state index is 13.7. The quantitative estimate of drug-likeness (QED) is 0.688. The number of amides is 1. The van der Waals surface area contributed by atoms with Gasteiger partial charge in [-0.05, 0) is 87.8 Å². The molecule has 0 aliphatic heterocycles. The molecule has 4 aliphatic rings. The fourth-order valence-corrected chi connectivity index (χ4v) is 6.65. The van der Waals surface area contributed by atoms with Gasteiger partial charge in [0.05, 0.1) is 5.25 Å². The monoisotopic (exact) mass is 415 g/mol. The molecule has 2 aromatic rings. The SMILES string of the molecule is Cc1ccc(NC(=O)[C@H](C)Sc2nnc(C34CC5CC(CC(C5)C3)C4)o2)cc1F. The zero-order valence-electron chi connectivity index (χ0n) is 16.8. The molecule has 6 rings (SSSR count). The van der Waals surface area contributed by atoms with Gasteiger partial charge in [-0.15, -0.1) is 10.2 Å². The number of nitrogens with one attached hydrogen (secondary N) is 1. The van der Waals surface area contributed by atoms with Crippen molar-refractivity contribution >= 4 is 23.4 Å². The molecule has 0 saturated heterocycles. The summed E-state index contributed by atoms with van der Waals surface area (Å²) in [6.45, 7) is 3.48. The van der Waals surface area contributed by atoms with Crippen LogP contribution in [0.2, 0.25) is 0 Å². The Kier molecular flexibility index (Phi) is 4.68. The maximum absolute atomic E-state index is 13.7. The van der Waals surface area contributed by atoms with Crippen LogP contribution in [0.5, 0.6) is 0 Å². The summed E-state index contributed by atoms with van der Waals surface area (Å²) >= 11 is 1.26. The van der Waals surface area contributed by atoms with Crippen LogP contribution in [0.3, 0.4) is 0 Å². The lowest BCUT2D eigenvalue weighted by Gasteiger charge is -2.55. The smallest absolute Gasteiger partial charge is 0.277 e. The Morgan fingerprint density at radius 3 is 2.48 bits per heavy atom. The Labute approximate surface area is 174 Å². The van der Waals surface area contributed by atoms with Crippen LogP contribution >= 0.6 is 11.8 Å². The van der Waals surface area contributed by atoms with Crippen molar-refractivity contribution in [1.29, 1.82) is 0 Å². The van der Waals surface area contributed by atoms with Gasteiger partial charge in [0.25, 0.3) is 5.22 Å². The van der Waals surface area contributed by atoms with Crippen molar-refractivity contribution in [2.45, 2.75) is 68.3 Å². The molecule has 1 aromatic heterocycles. The third-order valence-electron chi connectivity index (χ3n) is 6.98. The summed E-state index contributed by atoms with van der Waals surface area (Å²) in [4.78, 5) is 12.5. The minimum atomic E-state index is -0.427. The van der Waals surface area contributed by atoms with Crippen LogP contribution in [0.4, 0.5) is 10.1 Å². The molecule has 154 valence electrons. The van der Waals surface area contributed by atoms with E-state index in [1.54, 1.807) is 26.0 Å². The van der Waals surface area contributed by atoms with Crippen LogP contribution in [-0.2, 0) is 10.2 Å². The third-order valence-corrected chi connectivity index (χ3v) is 7.92. The summed E-state index contributed by atoms with van der Waals surface area (Å²) in [6, 6.07) is 4.69. The van der Waals surface area contributed by atoms with Gasteiger partial charge in [-0.1, -0.05) is 17.8 Å². The molecule has 4 saturated carbocycles. The Morgan fingerprint density at radius 2 is 1.86 bits per heavy atom. The molecule has 4 aliphatic carbocycles. The normalized spacial score (nSPS) is 31.1. The Hall–Kier alpha value is -1.89. The number of aromatic nitrogens is 2. The van der Waals surface area contributed by atoms with Crippen molar-refractivity contribution in [3.05, 3.63) is 35.5 Å². The summed E-state index contributed by atoms with van der Waals surface area (Å²) in [6.07, 6.45) is 7.60. The van der Waals surface area contributed by atoms with Crippen LogP contribution < -0.4 is 5.32 Å². The second-order valence-electron chi connectivity index (χ2n) is 9.28. The molecular formula is C22H26FN3O2S. The van der Waals surface area contributed by atoms with E-state index in [9.17, 15) is 9.18 Å². The first kappa shape index (κ1) is 19.1. The zero-order chi connectivity index (χ0) is 20.2. The molecule has 1 aromatic carbocycles. The number of halogens is 1. The Bertz CT molecular complexity index is 909. The topological polar surface area (TPSA) is 68.0 Å². The first-order valence-corrected chi connectivity index (χ1v) is 11.4.